The Morgan fingerprint density at radius 3 is 2.67 bits per heavy atom. The summed E-state index contributed by atoms with van der Waals surface area (Å²) in [5, 5.41) is 9.52. The SMILES string of the molecule is CCc1occc1C(O)CCC(F)(F)F. The third-order valence-electron chi connectivity index (χ3n) is 2.16. The van der Waals surface area contributed by atoms with Crippen LogP contribution in [-0.4, -0.2) is 11.3 Å². The molecular formula is C10H13F3O2. The molecule has 0 saturated carbocycles. The predicted molar refractivity (Wildman–Crippen MR) is 48.3 cm³/mol. The molecule has 0 fully saturated rings. The number of aryl methyl sites for hydroxylation is 1. The number of aliphatic hydroxyl groups excluding tert-OH is 1. The van der Waals surface area contributed by atoms with Crippen molar-refractivity contribution in [1.29, 1.82) is 0 Å². The van der Waals surface area contributed by atoms with Gasteiger partial charge in [0.1, 0.15) is 5.76 Å². The van der Waals surface area contributed by atoms with E-state index >= 15 is 0 Å². The van der Waals surface area contributed by atoms with Gasteiger partial charge in [0.15, 0.2) is 0 Å². The largest absolute Gasteiger partial charge is 0.469 e. The summed E-state index contributed by atoms with van der Waals surface area (Å²) in [6, 6.07) is 1.51. The molecule has 0 bridgehead atoms. The third-order valence-corrected chi connectivity index (χ3v) is 2.16. The van der Waals surface area contributed by atoms with Crippen molar-refractivity contribution < 1.29 is 22.7 Å². The lowest BCUT2D eigenvalue weighted by molar-refractivity contribution is -0.140. The maximum Gasteiger partial charge on any atom is 0.389 e. The molecular weight excluding hydrogens is 209 g/mol. The van der Waals surface area contributed by atoms with Crippen LogP contribution >= 0.6 is 0 Å². The lowest BCUT2D eigenvalue weighted by atomic mass is 10.0. The molecule has 2 nitrogen and oxygen atoms in total. The van der Waals surface area contributed by atoms with Crippen LogP contribution in [0, 0.1) is 0 Å². The van der Waals surface area contributed by atoms with Gasteiger partial charge in [0.05, 0.1) is 12.4 Å². The molecule has 15 heavy (non-hydrogen) atoms. The standard InChI is InChI=1S/C10H13F3O2/c1-2-9-7(4-6-15-9)8(14)3-5-10(11,12)13/h4,6,8,14H,2-3,5H2,1H3. The van der Waals surface area contributed by atoms with E-state index < -0.39 is 18.7 Å². The lowest BCUT2D eigenvalue weighted by Crippen LogP contribution is -2.10. The maximum atomic E-state index is 11.9. The number of hydrogen-bond donors (Lipinski definition) is 1. The number of halogens is 3. The molecule has 0 spiro atoms. The van der Waals surface area contributed by atoms with Gasteiger partial charge in [0.25, 0.3) is 0 Å². The summed E-state index contributed by atoms with van der Waals surface area (Å²) in [6.45, 7) is 1.82. The molecule has 1 heterocycles. The van der Waals surface area contributed by atoms with E-state index in [0.29, 0.717) is 17.7 Å². The predicted octanol–water partition coefficient (Wildman–Crippen LogP) is 3.22. The Morgan fingerprint density at radius 1 is 1.47 bits per heavy atom. The number of furan rings is 1. The van der Waals surface area contributed by atoms with Gasteiger partial charge < -0.3 is 9.52 Å². The first-order valence-corrected chi connectivity index (χ1v) is 4.75. The van der Waals surface area contributed by atoms with E-state index in [1.54, 1.807) is 0 Å². The molecule has 0 aliphatic heterocycles. The lowest BCUT2D eigenvalue weighted by Gasteiger charge is -2.11. The Labute approximate surface area is 85.7 Å². The van der Waals surface area contributed by atoms with Crippen LogP contribution in [0.15, 0.2) is 16.7 Å². The highest BCUT2D eigenvalue weighted by Gasteiger charge is 2.28. The molecule has 5 heteroatoms. The average Bonchev–Trinajstić information content (AvgIpc) is 2.60. The highest BCUT2D eigenvalue weighted by molar-refractivity contribution is 5.19. The van der Waals surface area contributed by atoms with Crippen LogP contribution in [0.5, 0.6) is 0 Å². The Morgan fingerprint density at radius 2 is 2.13 bits per heavy atom. The molecule has 0 saturated heterocycles. The molecule has 1 atom stereocenters. The van der Waals surface area contributed by atoms with E-state index in [2.05, 4.69) is 0 Å². The van der Waals surface area contributed by atoms with Gasteiger partial charge in [-0.05, 0) is 12.5 Å². The molecule has 86 valence electrons. The van der Waals surface area contributed by atoms with Gasteiger partial charge in [-0.15, -0.1) is 0 Å². The van der Waals surface area contributed by atoms with Gasteiger partial charge >= 0.3 is 6.18 Å². The highest BCUT2D eigenvalue weighted by atomic mass is 19.4. The van der Waals surface area contributed by atoms with E-state index in [1.165, 1.54) is 12.3 Å². The van der Waals surface area contributed by atoms with Crippen LogP contribution in [0.2, 0.25) is 0 Å². The molecule has 1 rings (SSSR count). The molecule has 1 aromatic heterocycles. The molecule has 0 amide bonds. The van der Waals surface area contributed by atoms with Gasteiger partial charge in [-0.1, -0.05) is 6.92 Å². The fourth-order valence-corrected chi connectivity index (χ4v) is 1.39. The minimum atomic E-state index is -4.23. The quantitative estimate of drug-likeness (QED) is 0.848. The van der Waals surface area contributed by atoms with Gasteiger partial charge in [0.2, 0.25) is 0 Å². The molecule has 0 radical (unpaired) electrons. The summed E-state index contributed by atoms with van der Waals surface area (Å²) in [7, 11) is 0. The van der Waals surface area contributed by atoms with E-state index in [1.807, 2.05) is 6.92 Å². The molecule has 0 aliphatic rings. The molecule has 0 aromatic carbocycles. The first-order valence-electron chi connectivity index (χ1n) is 4.75. The first-order chi connectivity index (χ1) is 6.94. The van der Waals surface area contributed by atoms with Crippen molar-refractivity contribution in [3.8, 4) is 0 Å². The zero-order chi connectivity index (χ0) is 11.5. The molecule has 1 N–H and O–H groups in total. The van der Waals surface area contributed by atoms with Crippen LogP contribution in [0.25, 0.3) is 0 Å². The first kappa shape index (κ1) is 12.1. The van der Waals surface area contributed by atoms with Crippen molar-refractivity contribution in [2.75, 3.05) is 0 Å². The monoisotopic (exact) mass is 222 g/mol. The van der Waals surface area contributed by atoms with Crippen LogP contribution in [0.3, 0.4) is 0 Å². The van der Waals surface area contributed by atoms with Gasteiger partial charge in [-0.3, -0.25) is 0 Å². The van der Waals surface area contributed by atoms with E-state index in [9.17, 15) is 18.3 Å². The highest BCUT2D eigenvalue weighted by Crippen LogP contribution is 2.29. The number of alkyl halides is 3. The van der Waals surface area contributed by atoms with Crippen molar-refractivity contribution in [1.82, 2.24) is 0 Å². The maximum absolute atomic E-state index is 11.9. The van der Waals surface area contributed by atoms with Crippen LogP contribution in [0.4, 0.5) is 13.2 Å². The smallest absolute Gasteiger partial charge is 0.389 e. The van der Waals surface area contributed by atoms with Crippen LogP contribution < -0.4 is 0 Å². The Bertz CT molecular complexity index is 304. The molecule has 1 aromatic rings. The van der Waals surface area contributed by atoms with Gasteiger partial charge in [-0.2, -0.15) is 13.2 Å². The van der Waals surface area contributed by atoms with Crippen molar-refractivity contribution in [2.24, 2.45) is 0 Å². The normalized spacial score (nSPS) is 14.2. The summed E-state index contributed by atoms with van der Waals surface area (Å²) in [4.78, 5) is 0. The van der Waals surface area contributed by atoms with E-state index in [0.717, 1.165) is 0 Å². The second-order valence-corrected chi connectivity index (χ2v) is 3.32. The van der Waals surface area contributed by atoms with Crippen molar-refractivity contribution in [3.05, 3.63) is 23.7 Å². The minimum Gasteiger partial charge on any atom is -0.469 e. The van der Waals surface area contributed by atoms with Gasteiger partial charge in [0, 0.05) is 18.4 Å². The number of aliphatic hydroxyl groups is 1. The Hall–Kier alpha value is -0.970. The van der Waals surface area contributed by atoms with Crippen molar-refractivity contribution in [3.63, 3.8) is 0 Å². The second-order valence-electron chi connectivity index (χ2n) is 3.32. The topological polar surface area (TPSA) is 33.4 Å². The summed E-state index contributed by atoms with van der Waals surface area (Å²) < 4.78 is 40.7. The average molecular weight is 222 g/mol. The zero-order valence-electron chi connectivity index (χ0n) is 8.34. The summed E-state index contributed by atoms with van der Waals surface area (Å²) in [5.41, 5.74) is 0.460. The zero-order valence-corrected chi connectivity index (χ0v) is 8.34. The van der Waals surface area contributed by atoms with Crippen LogP contribution in [0.1, 0.15) is 37.2 Å². The second kappa shape index (κ2) is 4.70. The van der Waals surface area contributed by atoms with Crippen molar-refractivity contribution >= 4 is 0 Å². The summed E-state index contributed by atoms with van der Waals surface area (Å²) >= 11 is 0. The van der Waals surface area contributed by atoms with Crippen molar-refractivity contribution in [2.45, 2.75) is 38.5 Å². The van der Waals surface area contributed by atoms with Crippen LogP contribution in [-0.2, 0) is 6.42 Å². The van der Waals surface area contributed by atoms with E-state index in [4.69, 9.17) is 4.42 Å². The fraction of sp³-hybridized carbons (Fsp3) is 0.600. The fourth-order valence-electron chi connectivity index (χ4n) is 1.39. The number of rotatable bonds is 4. The third kappa shape index (κ3) is 3.58. The van der Waals surface area contributed by atoms with E-state index in [-0.39, 0.29) is 6.42 Å². The molecule has 1 unspecified atom stereocenters. The minimum absolute atomic E-state index is 0.323. The van der Waals surface area contributed by atoms with Gasteiger partial charge in [-0.25, -0.2) is 0 Å². The summed E-state index contributed by atoms with van der Waals surface area (Å²) in [6.07, 6.45) is -4.69. The summed E-state index contributed by atoms with van der Waals surface area (Å²) in [5.74, 6) is 0.546. The Kier molecular flexibility index (Phi) is 3.79. The number of hydrogen-bond acceptors (Lipinski definition) is 2. The Balaban J connectivity index is 2.57. The molecule has 0 aliphatic carbocycles.